The van der Waals surface area contributed by atoms with E-state index in [4.69, 9.17) is 14.3 Å². The summed E-state index contributed by atoms with van der Waals surface area (Å²) in [5, 5.41) is 4.97. The molecule has 9 nitrogen and oxygen atoms in total. The summed E-state index contributed by atoms with van der Waals surface area (Å²) >= 11 is 0. The van der Waals surface area contributed by atoms with Gasteiger partial charge in [-0.05, 0) is 57.8 Å². The van der Waals surface area contributed by atoms with E-state index in [9.17, 15) is 9.59 Å². The second kappa shape index (κ2) is 9.87. The van der Waals surface area contributed by atoms with Crippen LogP contribution in [0.5, 0.6) is 11.5 Å². The molecule has 5 rings (SSSR count). The van der Waals surface area contributed by atoms with Gasteiger partial charge in [0.25, 0.3) is 0 Å². The summed E-state index contributed by atoms with van der Waals surface area (Å²) in [5.74, 6) is -0.500. The third-order valence-electron chi connectivity index (χ3n) is 6.23. The minimum atomic E-state index is -0.760. The Bertz CT molecular complexity index is 1500. The Balaban J connectivity index is 1.52. The van der Waals surface area contributed by atoms with Crippen LogP contribution >= 0.6 is 0 Å². The fraction of sp³-hybridized carbons (Fsp3) is 0.214. The van der Waals surface area contributed by atoms with Gasteiger partial charge < -0.3 is 19.2 Å². The van der Waals surface area contributed by atoms with Crippen molar-refractivity contribution in [3.63, 3.8) is 0 Å². The zero-order chi connectivity index (χ0) is 26.1. The van der Waals surface area contributed by atoms with Crippen molar-refractivity contribution >= 4 is 28.5 Å². The molecule has 1 aliphatic heterocycles. The molecule has 0 spiro atoms. The van der Waals surface area contributed by atoms with Crippen molar-refractivity contribution in [2.75, 3.05) is 20.7 Å². The summed E-state index contributed by atoms with van der Waals surface area (Å²) in [6.45, 7) is 4.55. The number of aryl methyl sites for hydroxylation is 1. The maximum Gasteiger partial charge on any atom is 0.366 e. The summed E-state index contributed by atoms with van der Waals surface area (Å²) in [4.78, 5) is 39.1. The largest absolute Gasteiger partial charge is 0.492 e. The van der Waals surface area contributed by atoms with Gasteiger partial charge in [-0.3, -0.25) is 0 Å². The highest BCUT2D eigenvalue weighted by atomic mass is 16.7. The molecular formula is C28H26N4O5. The first-order chi connectivity index (χ1) is 17.8. The second-order valence-electron chi connectivity index (χ2n) is 9.10. The molecule has 0 saturated carbocycles. The van der Waals surface area contributed by atoms with E-state index in [1.165, 1.54) is 6.20 Å². The van der Waals surface area contributed by atoms with Crippen molar-refractivity contribution in [3.05, 3.63) is 78.0 Å². The van der Waals surface area contributed by atoms with Crippen molar-refractivity contribution in [2.45, 2.75) is 19.9 Å². The lowest BCUT2D eigenvalue weighted by atomic mass is 10.0. The number of benzene rings is 2. The number of aromatic nitrogens is 3. The molecule has 0 aliphatic carbocycles. The SMILES string of the molecule is Cc1ccc(/C2=C/C(=O)Oc3ccnc4c3c(-c3ccc(OCC(C)N(C)C)cc3)nn4OC2=O)cc1. The molecule has 188 valence electrons. The first-order valence-corrected chi connectivity index (χ1v) is 11.8. The van der Waals surface area contributed by atoms with Crippen LogP contribution in [-0.2, 0) is 9.59 Å². The van der Waals surface area contributed by atoms with E-state index in [1.807, 2.05) is 57.4 Å². The van der Waals surface area contributed by atoms with E-state index in [2.05, 4.69) is 21.9 Å². The average molecular weight is 499 g/mol. The van der Waals surface area contributed by atoms with Crippen LogP contribution in [0.15, 0.2) is 66.9 Å². The predicted octanol–water partition coefficient (Wildman–Crippen LogP) is 3.69. The Morgan fingerprint density at radius 1 is 1.00 bits per heavy atom. The molecule has 2 aromatic carbocycles. The van der Waals surface area contributed by atoms with Gasteiger partial charge in [-0.2, -0.15) is 0 Å². The summed E-state index contributed by atoms with van der Waals surface area (Å²) in [6, 6.07) is 16.4. The van der Waals surface area contributed by atoms with E-state index in [0.29, 0.717) is 34.6 Å². The minimum Gasteiger partial charge on any atom is -0.492 e. The number of esters is 1. The van der Waals surface area contributed by atoms with E-state index < -0.39 is 11.9 Å². The van der Waals surface area contributed by atoms with Crippen molar-refractivity contribution < 1.29 is 23.9 Å². The zero-order valence-corrected chi connectivity index (χ0v) is 21.0. The van der Waals surface area contributed by atoms with E-state index in [0.717, 1.165) is 16.5 Å². The molecule has 1 aliphatic rings. The highest BCUT2D eigenvalue weighted by Crippen LogP contribution is 2.35. The number of hydrogen-bond donors (Lipinski definition) is 0. The molecule has 0 fully saturated rings. The fourth-order valence-corrected chi connectivity index (χ4v) is 3.79. The van der Waals surface area contributed by atoms with Crippen LogP contribution in [0.2, 0.25) is 0 Å². The molecular weight excluding hydrogens is 472 g/mol. The maximum atomic E-state index is 13.2. The Morgan fingerprint density at radius 3 is 2.41 bits per heavy atom. The number of pyridine rings is 1. The lowest BCUT2D eigenvalue weighted by molar-refractivity contribution is -0.138. The van der Waals surface area contributed by atoms with Crippen LogP contribution in [0, 0.1) is 6.92 Å². The number of nitrogens with zero attached hydrogens (tertiary/aromatic N) is 4. The van der Waals surface area contributed by atoms with Crippen molar-refractivity contribution in [3.8, 4) is 22.8 Å². The topological polar surface area (TPSA) is 95.8 Å². The van der Waals surface area contributed by atoms with Gasteiger partial charge in [0.1, 0.15) is 23.8 Å². The van der Waals surface area contributed by atoms with Crippen LogP contribution in [-0.4, -0.2) is 58.5 Å². The third kappa shape index (κ3) is 4.94. The molecule has 0 saturated heterocycles. The lowest BCUT2D eigenvalue weighted by Gasteiger charge is -2.19. The number of likely N-dealkylation sites (N-methyl/N-ethyl adjacent to an activating group) is 1. The predicted molar refractivity (Wildman–Crippen MR) is 138 cm³/mol. The van der Waals surface area contributed by atoms with Crippen molar-refractivity contribution in [1.82, 2.24) is 19.8 Å². The first-order valence-electron chi connectivity index (χ1n) is 11.8. The van der Waals surface area contributed by atoms with Gasteiger partial charge in [0.15, 0.2) is 0 Å². The molecule has 37 heavy (non-hydrogen) atoms. The zero-order valence-electron chi connectivity index (χ0n) is 21.0. The molecule has 0 amide bonds. The highest BCUT2D eigenvalue weighted by molar-refractivity contribution is 6.21. The molecule has 0 radical (unpaired) electrons. The number of hydrogen-bond acceptors (Lipinski definition) is 8. The number of rotatable bonds is 6. The Labute approximate surface area is 213 Å². The van der Waals surface area contributed by atoms with Gasteiger partial charge in [-0.15, -0.1) is 5.10 Å². The molecule has 1 unspecified atom stereocenters. The van der Waals surface area contributed by atoms with Gasteiger partial charge in [-0.25, -0.2) is 14.6 Å². The fourth-order valence-electron chi connectivity index (χ4n) is 3.79. The van der Waals surface area contributed by atoms with Crippen molar-refractivity contribution in [2.24, 2.45) is 0 Å². The van der Waals surface area contributed by atoms with Gasteiger partial charge in [-0.1, -0.05) is 34.7 Å². The van der Waals surface area contributed by atoms with Crippen LogP contribution in [0.25, 0.3) is 27.9 Å². The van der Waals surface area contributed by atoms with Gasteiger partial charge in [0.05, 0.1) is 11.0 Å². The number of carbonyl (C=O) groups excluding carboxylic acids is 2. The minimum absolute atomic E-state index is 0.0498. The summed E-state index contributed by atoms with van der Waals surface area (Å²) < 4.78 is 11.6. The molecule has 1 atom stereocenters. The van der Waals surface area contributed by atoms with Crippen molar-refractivity contribution in [1.29, 1.82) is 0 Å². The Kier molecular flexibility index (Phi) is 6.45. The van der Waals surface area contributed by atoms with Gasteiger partial charge >= 0.3 is 11.9 Å². The standard InChI is InChI=1S/C28H26N4O5/c1-17-5-7-19(8-6-17)22-15-24(33)36-23-13-14-29-27-25(23)26(30-32(27)37-28(22)34)20-9-11-21(12-10-20)35-16-18(2)31(3)4/h5-15,18H,16H2,1-4H3/b22-15-. The van der Waals surface area contributed by atoms with E-state index >= 15 is 0 Å². The Morgan fingerprint density at radius 2 is 1.70 bits per heavy atom. The maximum absolute atomic E-state index is 13.2. The van der Waals surface area contributed by atoms with Gasteiger partial charge in [0, 0.05) is 29.9 Å². The highest BCUT2D eigenvalue weighted by Gasteiger charge is 2.26. The smallest absolute Gasteiger partial charge is 0.366 e. The average Bonchev–Trinajstić information content (AvgIpc) is 3.24. The van der Waals surface area contributed by atoms with Crippen LogP contribution in [0.3, 0.4) is 0 Å². The van der Waals surface area contributed by atoms with Crippen LogP contribution in [0.1, 0.15) is 18.1 Å². The normalized spacial score (nSPS) is 15.8. The first kappa shape index (κ1) is 24.2. The second-order valence-corrected chi connectivity index (χ2v) is 9.10. The van der Waals surface area contributed by atoms with Gasteiger partial charge in [0.2, 0.25) is 5.65 Å². The molecule has 4 bridgehead atoms. The Hall–Kier alpha value is -4.50. The third-order valence-corrected chi connectivity index (χ3v) is 6.23. The molecule has 0 N–H and O–H groups in total. The quantitative estimate of drug-likeness (QED) is 0.372. The number of ether oxygens (including phenoxy) is 2. The molecule has 2 aromatic heterocycles. The van der Waals surface area contributed by atoms with Crippen LogP contribution < -0.4 is 14.3 Å². The van der Waals surface area contributed by atoms with Crippen LogP contribution in [0.4, 0.5) is 0 Å². The summed E-state index contributed by atoms with van der Waals surface area (Å²) in [5.41, 5.74) is 3.00. The number of carbonyl (C=O) groups is 2. The van der Waals surface area contributed by atoms with E-state index in [-0.39, 0.29) is 23.0 Å². The monoisotopic (exact) mass is 498 g/mol. The molecule has 4 aromatic rings. The summed E-state index contributed by atoms with van der Waals surface area (Å²) in [6.07, 6.45) is 2.60. The molecule has 9 heteroatoms. The lowest BCUT2D eigenvalue weighted by Crippen LogP contribution is -2.30. The molecule has 3 heterocycles. The summed E-state index contributed by atoms with van der Waals surface area (Å²) in [7, 11) is 4.00. The van der Waals surface area contributed by atoms with E-state index in [1.54, 1.807) is 18.2 Å².